The predicted octanol–water partition coefficient (Wildman–Crippen LogP) is 2.76. The molecule has 6 heteroatoms. The highest BCUT2D eigenvalue weighted by Gasteiger charge is 2.19. The fourth-order valence-electron chi connectivity index (χ4n) is 2.69. The minimum Gasteiger partial charge on any atom is -0.464 e. The first-order chi connectivity index (χ1) is 11.7. The highest BCUT2D eigenvalue weighted by atomic mass is 16.5. The second-order valence-corrected chi connectivity index (χ2v) is 5.63. The molecule has 2 heterocycles. The molecule has 6 nitrogen and oxygen atoms in total. The van der Waals surface area contributed by atoms with Gasteiger partial charge in [-0.1, -0.05) is 25.1 Å². The number of carbonyl (C=O) groups excluding carboxylic acids is 1. The number of aromatic nitrogens is 2. The van der Waals surface area contributed by atoms with Crippen molar-refractivity contribution in [1.29, 1.82) is 0 Å². The average Bonchev–Trinajstić information content (AvgIpc) is 3.22. The summed E-state index contributed by atoms with van der Waals surface area (Å²) in [5.74, 6) is 1.48. The Morgan fingerprint density at radius 1 is 1.33 bits per heavy atom. The fraction of sp³-hybridized carbons (Fsp3) is 0.333. The van der Waals surface area contributed by atoms with Crippen LogP contribution in [0.2, 0.25) is 0 Å². The number of aryl methyl sites for hydroxylation is 1. The summed E-state index contributed by atoms with van der Waals surface area (Å²) in [7, 11) is 1.60. The van der Waals surface area contributed by atoms with Crippen LogP contribution in [0, 0.1) is 0 Å². The first kappa shape index (κ1) is 16.3. The van der Waals surface area contributed by atoms with Gasteiger partial charge in [-0.3, -0.25) is 9.89 Å². The molecule has 0 aliphatic carbocycles. The largest absolute Gasteiger partial charge is 0.464 e. The molecule has 0 spiro atoms. The van der Waals surface area contributed by atoms with Crippen LogP contribution in [0.15, 0.2) is 40.8 Å². The number of ether oxygens (including phenoxy) is 1. The summed E-state index contributed by atoms with van der Waals surface area (Å²) in [5, 5.41) is 11.1. The summed E-state index contributed by atoms with van der Waals surface area (Å²) >= 11 is 0. The van der Waals surface area contributed by atoms with Gasteiger partial charge in [-0.05, 0) is 18.2 Å². The summed E-state index contributed by atoms with van der Waals surface area (Å²) in [4.78, 5) is 12.4. The van der Waals surface area contributed by atoms with E-state index in [2.05, 4.69) is 15.5 Å². The van der Waals surface area contributed by atoms with E-state index in [4.69, 9.17) is 9.15 Å². The lowest BCUT2D eigenvalue weighted by Gasteiger charge is -2.15. The lowest BCUT2D eigenvalue weighted by molar-refractivity contribution is -0.121. The van der Waals surface area contributed by atoms with Crippen LogP contribution in [0.1, 0.15) is 30.2 Å². The Hall–Kier alpha value is -2.60. The average molecular weight is 327 g/mol. The summed E-state index contributed by atoms with van der Waals surface area (Å²) in [6, 6.07) is 11.2. The maximum Gasteiger partial charge on any atom is 0.226 e. The molecule has 2 N–H and O–H groups in total. The summed E-state index contributed by atoms with van der Waals surface area (Å²) in [5.41, 5.74) is 1.65. The first-order valence-electron chi connectivity index (χ1n) is 8.00. The van der Waals surface area contributed by atoms with E-state index in [-0.39, 0.29) is 18.4 Å². The van der Waals surface area contributed by atoms with Crippen LogP contribution >= 0.6 is 0 Å². The van der Waals surface area contributed by atoms with Gasteiger partial charge in [0.25, 0.3) is 0 Å². The molecule has 126 valence electrons. The minimum atomic E-state index is -0.308. The number of benzene rings is 1. The number of H-pyrrole nitrogens is 1. The van der Waals surface area contributed by atoms with Gasteiger partial charge < -0.3 is 14.5 Å². The number of hydrogen-bond donors (Lipinski definition) is 2. The lowest BCUT2D eigenvalue weighted by atomic mass is 10.1. The number of methoxy groups -OCH3 is 1. The number of amides is 1. The molecule has 1 aromatic carbocycles. The topological polar surface area (TPSA) is 80.1 Å². The van der Waals surface area contributed by atoms with Gasteiger partial charge in [-0.2, -0.15) is 5.10 Å². The molecule has 0 radical (unpaired) electrons. The maximum atomic E-state index is 12.4. The third-order valence-corrected chi connectivity index (χ3v) is 3.92. The van der Waals surface area contributed by atoms with Gasteiger partial charge >= 0.3 is 0 Å². The number of aromatic amines is 1. The summed E-state index contributed by atoms with van der Waals surface area (Å²) in [6.07, 6.45) is 1.04. The van der Waals surface area contributed by atoms with E-state index in [1.807, 2.05) is 43.3 Å². The van der Waals surface area contributed by atoms with Gasteiger partial charge in [0.15, 0.2) is 0 Å². The van der Waals surface area contributed by atoms with E-state index >= 15 is 0 Å². The maximum absolute atomic E-state index is 12.4. The Labute approximate surface area is 140 Å². The van der Waals surface area contributed by atoms with Crippen LogP contribution in [0.5, 0.6) is 0 Å². The Morgan fingerprint density at radius 2 is 2.17 bits per heavy atom. The number of rotatable bonds is 7. The van der Waals surface area contributed by atoms with Crippen LogP contribution in [0.3, 0.4) is 0 Å². The normalized spacial score (nSPS) is 12.4. The van der Waals surface area contributed by atoms with Crippen molar-refractivity contribution in [2.75, 3.05) is 13.7 Å². The molecule has 0 aliphatic rings. The quantitative estimate of drug-likeness (QED) is 0.699. The van der Waals surface area contributed by atoms with Crippen molar-refractivity contribution in [3.05, 3.63) is 53.6 Å². The molecule has 1 amide bonds. The molecule has 3 aromatic rings. The zero-order chi connectivity index (χ0) is 16.9. The molecule has 24 heavy (non-hydrogen) atoms. The standard InChI is InChI=1S/C18H21N3O3/c1-3-12-8-9-17(24-12)16(11-23-2)19-18(22)10-15-13-6-4-5-7-14(13)20-21-15/h4-9,16H,3,10-11H2,1-2H3,(H,19,22)(H,20,21)/t16-/m1/s1. The molecule has 0 unspecified atom stereocenters. The number of carbonyl (C=O) groups is 1. The number of nitrogens with zero attached hydrogens (tertiary/aromatic N) is 1. The van der Waals surface area contributed by atoms with Crippen molar-refractivity contribution < 1.29 is 13.9 Å². The van der Waals surface area contributed by atoms with E-state index in [1.54, 1.807) is 7.11 Å². The molecule has 3 rings (SSSR count). The zero-order valence-electron chi connectivity index (χ0n) is 13.8. The number of nitrogens with one attached hydrogen (secondary N) is 2. The van der Waals surface area contributed by atoms with Gasteiger partial charge in [-0.25, -0.2) is 0 Å². The van der Waals surface area contributed by atoms with Crippen molar-refractivity contribution in [1.82, 2.24) is 15.5 Å². The second-order valence-electron chi connectivity index (χ2n) is 5.63. The van der Waals surface area contributed by atoms with Crippen molar-refractivity contribution in [2.45, 2.75) is 25.8 Å². The number of fused-ring (bicyclic) bond motifs is 1. The van der Waals surface area contributed by atoms with Crippen LogP contribution in [0.25, 0.3) is 10.9 Å². The van der Waals surface area contributed by atoms with Gasteiger partial charge in [-0.15, -0.1) is 0 Å². The Kier molecular flexibility index (Phi) is 4.96. The molecule has 0 fully saturated rings. The van der Waals surface area contributed by atoms with E-state index in [0.717, 1.165) is 28.8 Å². The Balaban J connectivity index is 1.71. The van der Waals surface area contributed by atoms with Gasteiger partial charge in [0.05, 0.1) is 24.2 Å². The van der Waals surface area contributed by atoms with Crippen LogP contribution in [-0.4, -0.2) is 29.8 Å². The minimum absolute atomic E-state index is 0.110. The number of para-hydroxylation sites is 1. The molecule has 0 bridgehead atoms. The first-order valence-corrected chi connectivity index (χ1v) is 8.00. The lowest BCUT2D eigenvalue weighted by Crippen LogP contribution is -2.32. The highest BCUT2D eigenvalue weighted by Crippen LogP contribution is 2.19. The number of hydrogen-bond acceptors (Lipinski definition) is 4. The van der Waals surface area contributed by atoms with Crippen molar-refractivity contribution >= 4 is 16.8 Å². The van der Waals surface area contributed by atoms with Gasteiger partial charge in [0.2, 0.25) is 5.91 Å². The van der Waals surface area contributed by atoms with Crippen molar-refractivity contribution in [3.8, 4) is 0 Å². The molecule has 0 saturated carbocycles. The Morgan fingerprint density at radius 3 is 2.92 bits per heavy atom. The van der Waals surface area contributed by atoms with Gasteiger partial charge in [0.1, 0.15) is 17.6 Å². The zero-order valence-corrected chi connectivity index (χ0v) is 13.8. The molecule has 2 aromatic heterocycles. The van der Waals surface area contributed by atoms with Crippen LogP contribution in [0.4, 0.5) is 0 Å². The SMILES string of the molecule is CCc1ccc([C@@H](COC)NC(=O)Cc2[nH]nc3ccccc23)o1. The smallest absolute Gasteiger partial charge is 0.226 e. The number of furan rings is 1. The summed E-state index contributed by atoms with van der Waals surface area (Å²) in [6.45, 7) is 2.38. The third kappa shape index (κ3) is 3.49. The monoisotopic (exact) mass is 327 g/mol. The van der Waals surface area contributed by atoms with Crippen LogP contribution < -0.4 is 5.32 Å². The highest BCUT2D eigenvalue weighted by molar-refractivity contribution is 5.87. The van der Waals surface area contributed by atoms with E-state index in [1.165, 1.54) is 0 Å². The van der Waals surface area contributed by atoms with E-state index < -0.39 is 0 Å². The van der Waals surface area contributed by atoms with Crippen molar-refractivity contribution in [3.63, 3.8) is 0 Å². The van der Waals surface area contributed by atoms with E-state index in [0.29, 0.717) is 12.4 Å². The molecule has 0 aliphatic heterocycles. The predicted molar refractivity (Wildman–Crippen MR) is 90.6 cm³/mol. The molecular weight excluding hydrogens is 306 g/mol. The van der Waals surface area contributed by atoms with E-state index in [9.17, 15) is 4.79 Å². The summed E-state index contributed by atoms with van der Waals surface area (Å²) < 4.78 is 11.0. The Bertz CT molecular complexity index is 822. The van der Waals surface area contributed by atoms with Crippen molar-refractivity contribution in [2.24, 2.45) is 0 Å². The fourth-order valence-corrected chi connectivity index (χ4v) is 2.69. The third-order valence-electron chi connectivity index (χ3n) is 3.92. The molecule has 1 atom stereocenters. The van der Waals surface area contributed by atoms with Crippen LogP contribution in [-0.2, 0) is 22.4 Å². The second kappa shape index (κ2) is 7.31. The van der Waals surface area contributed by atoms with Gasteiger partial charge in [0, 0.05) is 18.9 Å². The molecule has 0 saturated heterocycles. The molecular formula is C18H21N3O3.